The second-order valence-electron chi connectivity index (χ2n) is 4.68. The fraction of sp³-hybridized carbons (Fsp3) is 0.583. The highest BCUT2D eigenvalue weighted by Crippen LogP contribution is 2.27. The Bertz CT molecular complexity index is 341. The van der Waals surface area contributed by atoms with E-state index in [0.717, 1.165) is 25.5 Å². The SMILES string of the molecule is CC(C)C1C[N+](Cl)(c2ccccn2)CC[N]1. The van der Waals surface area contributed by atoms with Crippen LogP contribution in [0.15, 0.2) is 24.4 Å². The van der Waals surface area contributed by atoms with Gasteiger partial charge in [0, 0.05) is 12.3 Å². The van der Waals surface area contributed by atoms with Gasteiger partial charge in [-0.25, -0.2) is 10.3 Å². The van der Waals surface area contributed by atoms with Gasteiger partial charge in [0.05, 0.1) is 12.6 Å². The standard InChI is InChI=1S/C12H18ClN3/c1-10(2)11-9-16(13,8-7-14-11)12-5-3-4-6-15-12/h3-6,10-11H,7-9H2,1-2H3/q+1. The van der Waals surface area contributed by atoms with E-state index in [2.05, 4.69) is 24.1 Å². The van der Waals surface area contributed by atoms with E-state index in [-0.39, 0.29) is 0 Å². The van der Waals surface area contributed by atoms with Crippen molar-refractivity contribution in [1.82, 2.24) is 14.3 Å². The molecular weight excluding hydrogens is 222 g/mol. The number of rotatable bonds is 2. The molecule has 1 aromatic heterocycles. The summed E-state index contributed by atoms with van der Waals surface area (Å²) < 4.78 is 0.396. The summed E-state index contributed by atoms with van der Waals surface area (Å²) in [5.74, 6) is 1.48. The Morgan fingerprint density at radius 1 is 1.44 bits per heavy atom. The second-order valence-corrected chi connectivity index (χ2v) is 5.32. The number of hydrogen-bond donors (Lipinski definition) is 0. The number of pyridine rings is 1. The molecule has 2 rings (SSSR count). The Hall–Kier alpha value is -0.640. The fourth-order valence-corrected chi connectivity index (χ4v) is 2.37. The average molecular weight is 240 g/mol. The first-order valence-electron chi connectivity index (χ1n) is 5.77. The molecule has 16 heavy (non-hydrogen) atoms. The summed E-state index contributed by atoms with van der Waals surface area (Å²) in [5.41, 5.74) is 0. The van der Waals surface area contributed by atoms with E-state index in [9.17, 15) is 0 Å². The summed E-state index contributed by atoms with van der Waals surface area (Å²) in [6, 6.07) is 6.24. The smallest absolute Gasteiger partial charge is 0.226 e. The van der Waals surface area contributed by atoms with Gasteiger partial charge >= 0.3 is 0 Å². The van der Waals surface area contributed by atoms with Crippen molar-refractivity contribution in [1.29, 1.82) is 0 Å². The van der Waals surface area contributed by atoms with Gasteiger partial charge in [0.25, 0.3) is 0 Å². The quantitative estimate of drug-likeness (QED) is 0.727. The van der Waals surface area contributed by atoms with E-state index in [0.29, 0.717) is 16.0 Å². The molecule has 1 saturated heterocycles. The topological polar surface area (TPSA) is 27.0 Å². The summed E-state index contributed by atoms with van der Waals surface area (Å²) in [6.07, 6.45) is 1.80. The van der Waals surface area contributed by atoms with Crippen molar-refractivity contribution in [2.24, 2.45) is 5.92 Å². The predicted molar refractivity (Wildman–Crippen MR) is 67.2 cm³/mol. The number of nitrogens with zero attached hydrogens (tertiary/aromatic N) is 3. The lowest BCUT2D eigenvalue weighted by Crippen LogP contribution is -2.57. The van der Waals surface area contributed by atoms with E-state index in [1.165, 1.54) is 0 Å². The number of piperazine rings is 1. The maximum Gasteiger partial charge on any atom is 0.245 e. The van der Waals surface area contributed by atoms with E-state index < -0.39 is 0 Å². The summed E-state index contributed by atoms with van der Waals surface area (Å²) in [6.45, 7) is 6.89. The van der Waals surface area contributed by atoms with Gasteiger partial charge in [0.2, 0.25) is 5.82 Å². The molecule has 1 aliphatic heterocycles. The normalized spacial score (nSPS) is 30.6. The summed E-state index contributed by atoms with van der Waals surface area (Å²) in [4.78, 5) is 4.37. The monoisotopic (exact) mass is 239 g/mol. The summed E-state index contributed by atoms with van der Waals surface area (Å²) in [7, 11) is 0. The first-order chi connectivity index (χ1) is 7.62. The van der Waals surface area contributed by atoms with Crippen LogP contribution in [-0.4, -0.2) is 30.7 Å². The van der Waals surface area contributed by atoms with Gasteiger partial charge < -0.3 is 0 Å². The first kappa shape index (κ1) is 11.8. The zero-order chi connectivity index (χ0) is 11.6. The molecule has 0 amide bonds. The fourth-order valence-electron chi connectivity index (χ4n) is 2.05. The first-order valence-corrected chi connectivity index (χ1v) is 6.10. The Morgan fingerprint density at radius 3 is 2.88 bits per heavy atom. The van der Waals surface area contributed by atoms with Crippen LogP contribution in [0, 0.1) is 5.92 Å². The highest BCUT2D eigenvalue weighted by Gasteiger charge is 2.39. The van der Waals surface area contributed by atoms with Crippen LogP contribution in [0.25, 0.3) is 0 Å². The third kappa shape index (κ3) is 2.37. The zero-order valence-corrected chi connectivity index (χ0v) is 10.6. The average Bonchev–Trinajstić information content (AvgIpc) is 2.30. The van der Waals surface area contributed by atoms with Gasteiger partial charge in [-0.2, -0.15) is 4.00 Å². The van der Waals surface area contributed by atoms with Crippen molar-refractivity contribution in [2.45, 2.75) is 19.9 Å². The highest BCUT2D eigenvalue weighted by atomic mass is 35.5. The Kier molecular flexibility index (Phi) is 3.47. The molecule has 0 aliphatic carbocycles. The predicted octanol–water partition coefficient (Wildman–Crippen LogP) is 2.19. The van der Waals surface area contributed by atoms with Crippen molar-refractivity contribution in [2.75, 3.05) is 19.6 Å². The molecule has 1 aromatic rings. The molecule has 1 aliphatic rings. The van der Waals surface area contributed by atoms with E-state index in [1.807, 2.05) is 18.2 Å². The second kappa shape index (κ2) is 4.70. The molecule has 2 unspecified atom stereocenters. The van der Waals surface area contributed by atoms with Crippen molar-refractivity contribution in [3.05, 3.63) is 24.4 Å². The van der Waals surface area contributed by atoms with Gasteiger partial charge in [-0.05, 0) is 12.0 Å². The molecular formula is C12H18ClN3+. The third-order valence-corrected chi connectivity index (χ3v) is 3.60. The van der Waals surface area contributed by atoms with Crippen LogP contribution >= 0.6 is 11.8 Å². The van der Waals surface area contributed by atoms with E-state index in [4.69, 9.17) is 11.8 Å². The molecule has 2 heterocycles. The molecule has 1 fully saturated rings. The maximum absolute atomic E-state index is 6.65. The van der Waals surface area contributed by atoms with Gasteiger partial charge in [-0.3, -0.25) is 0 Å². The summed E-state index contributed by atoms with van der Waals surface area (Å²) >= 11 is 6.65. The molecule has 0 spiro atoms. The van der Waals surface area contributed by atoms with Crippen LogP contribution < -0.4 is 9.32 Å². The maximum atomic E-state index is 6.65. The Balaban J connectivity index is 2.19. The number of quaternary nitrogens is 1. The van der Waals surface area contributed by atoms with Crippen LogP contribution in [0.2, 0.25) is 0 Å². The van der Waals surface area contributed by atoms with Crippen LogP contribution in [0.4, 0.5) is 5.82 Å². The lowest BCUT2D eigenvalue weighted by molar-refractivity contribution is 0.255. The molecule has 3 nitrogen and oxygen atoms in total. The zero-order valence-electron chi connectivity index (χ0n) is 9.81. The van der Waals surface area contributed by atoms with Crippen molar-refractivity contribution < 1.29 is 0 Å². The van der Waals surface area contributed by atoms with Crippen LogP contribution in [0.5, 0.6) is 0 Å². The third-order valence-electron chi connectivity index (χ3n) is 3.12. The highest BCUT2D eigenvalue weighted by molar-refractivity contribution is 6.21. The van der Waals surface area contributed by atoms with Gasteiger partial charge in [-0.15, -0.1) is 0 Å². The molecule has 0 aromatic carbocycles. The Morgan fingerprint density at radius 2 is 2.25 bits per heavy atom. The number of aromatic nitrogens is 1. The molecule has 87 valence electrons. The van der Waals surface area contributed by atoms with Crippen LogP contribution in [0.1, 0.15) is 13.8 Å². The van der Waals surface area contributed by atoms with Crippen molar-refractivity contribution in [3.63, 3.8) is 0 Å². The van der Waals surface area contributed by atoms with Crippen LogP contribution in [0.3, 0.4) is 0 Å². The van der Waals surface area contributed by atoms with E-state index >= 15 is 0 Å². The van der Waals surface area contributed by atoms with E-state index in [1.54, 1.807) is 6.20 Å². The van der Waals surface area contributed by atoms with Crippen molar-refractivity contribution in [3.8, 4) is 0 Å². The summed E-state index contributed by atoms with van der Waals surface area (Å²) in [5, 5.41) is 4.62. The largest absolute Gasteiger partial charge is 0.245 e. The van der Waals surface area contributed by atoms with Gasteiger partial charge in [-0.1, -0.05) is 19.9 Å². The number of hydrogen-bond acceptors (Lipinski definition) is 1. The minimum atomic E-state index is 0.341. The minimum absolute atomic E-state index is 0.341. The number of halogens is 1. The van der Waals surface area contributed by atoms with Crippen LogP contribution in [-0.2, 0) is 0 Å². The molecule has 1 radical (unpaired) electrons. The van der Waals surface area contributed by atoms with Gasteiger partial charge in [0.1, 0.15) is 13.1 Å². The molecule has 0 N–H and O–H groups in total. The lowest BCUT2D eigenvalue weighted by Gasteiger charge is -2.36. The molecule has 2 atom stereocenters. The minimum Gasteiger partial charge on any atom is -0.226 e. The lowest BCUT2D eigenvalue weighted by atomic mass is 10.0. The molecule has 0 saturated carbocycles. The van der Waals surface area contributed by atoms with Gasteiger partial charge in [0.15, 0.2) is 11.8 Å². The molecule has 0 bridgehead atoms. The molecule has 4 heteroatoms. The Labute approximate surface area is 102 Å². The van der Waals surface area contributed by atoms with Crippen molar-refractivity contribution >= 4 is 17.6 Å².